The molecule has 0 fully saturated rings. The van der Waals surface area contributed by atoms with Crippen LogP contribution in [0, 0.1) is 0 Å². The van der Waals surface area contributed by atoms with Gasteiger partial charge in [-0.25, -0.2) is 0 Å². The van der Waals surface area contributed by atoms with Gasteiger partial charge in [-0.1, -0.05) is 102 Å². The molecule has 0 bridgehead atoms. The van der Waals surface area contributed by atoms with Gasteiger partial charge in [-0.3, -0.25) is 9.59 Å². The van der Waals surface area contributed by atoms with Crippen molar-refractivity contribution < 1.29 is 34.2 Å². The molecule has 0 spiro atoms. The molecule has 0 aliphatic carbocycles. The topological polar surface area (TPSA) is 115 Å². The van der Waals surface area contributed by atoms with E-state index in [4.69, 9.17) is 10.2 Å². The fourth-order valence-electron chi connectivity index (χ4n) is 5.19. The summed E-state index contributed by atoms with van der Waals surface area (Å²) >= 11 is 0. The Balaban J connectivity index is 3.86. The van der Waals surface area contributed by atoms with Crippen LogP contribution in [0.3, 0.4) is 0 Å². The lowest BCUT2D eigenvalue weighted by Crippen LogP contribution is -2.53. The number of aliphatic carboxylic acids is 3. The quantitative estimate of drug-likeness (QED) is 0.0638. The second-order valence-electron chi connectivity index (χ2n) is 11.0. The predicted molar refractivity (Wildman–Crippen MR) is 152 cm³/mol. The van der Waals surface area contributed by atoms with E-state index in [1.165, 1.54) is 96.3 Å². The van der Waals surface area contributed by atoms with E-state index in [1.807, 2.05) is 0 Å². The maximum absolute atomic E-state index is 11.1. The van der Waals surface area contributed by atoms with Crippen molar-refractivity contribution in [3.05, 3.63) is 12.2 Å². The molecule has 0 heterocycles. The van der Waals surface area contributed by atoms with Crippen LogP contribution in [-0.2, 0) is 14.4 Å². The summed E-state index contributed by atoms with van der Waals surface area (Å²) < 4.78 is 0.226. The zero-order chi connectivity index (χ0) is 28.3. The zero-order valence-electron chi connectivity index (χ0n) is 24.3. The minimum Gasteiger partial charge on any atom is -0.550 e. The van der Waals surface area contributed by atoms with Crippen molar-refractivity contribution in [2.45, 2.75) is 142 Å². The molecular weight excluding hydrogens is 482 g/mol. The standard InChI is InChI=1S/C31H57NO6/c1-2-3-4-5-6-7-8-9-10-11-12-13-14-15-16-17-18-19-20-21-25-32(26-22-29(33)34,27-23-30(35)36)28-24-31(37)38/h2-3H,4-28H2,1H3,(H2-,33,34,35,36,37,38)/b3-2+. The van der Waals surface area contributed by atoms with E-state index in [1.54, 1.807) is 0 Å². The molecule has 0 amide bonds. The number of nitrogens with zero attached hydrogens (tertiary/aromatic N) is 1. The number of carbonyl (C=O) groups excluding carboxylic acids is 1. The van der Waals surface area contributed by atoms with Crippen LogP contribution < -0.4 is 5.11 Å². The average Bonchev–Trinajstić information content (AvgIpc) is 2.88. The normalized spacial score (nSPS) is 11.8. The maximum atomic E-state index is 11.1. The van der Waals surface area contributed by atoms with Gasteiger partial charge in [0.1, 0.15) is 0 Å². The lowest BCUT2D eigenvalue weighted by Gasteiger charge is -2.38. The van der Waals surface area contributed by atoms with Gasteiger partial charge in [-0.15, -0.1) is 0 Å². The van der Waals surface area contributed by atoms with Crippen LogP contribution in [0.4, 0.5) is 0 Å². The Hall–Kier alpha value is -1.89. The van der Waals surface area contributed by atoms with Crippen molar-refractivity contribution in [1.82, 2.24) is 0 Å². The molecule has 0 unspecified atom stereocenters. The molecule has 0 saturated heterocycles. The first kappa shape index (κ1) is 36.1. The van der Waals surface area contributed by atoms with E-state index in [9.17, 15) is 19.5 Å². The van der Waals surface area contributed by atoms with Gasteiger partial charge in [-0.05, 0) is 32.6 Å². The Morgan fingerprint density at radius 3 is 1.24 bits per heavy atom. The summed E-state index contributed by atoms with van der Waals surface area (Å²) in [7, 11) is 0. The molecule has 0 atom stereocenters. The SMILES string of the molecule is C/C=C/CCCCCCCCCCCCCCCCCCC[N+](CCC(=O)[O-])(CCC(=O)O)CCC(=O)O. The summed E-state index contributed by atoms with van der Waals surface area (Å²) in [6.07, 6.45) is 26.9. The van der Waals surface area contributed by atoms with Crippen molar-refractivity contribution in [3.63, 3.8) is 0 Å². The summed E-state index contributed by atoms with van der Waals surface area (Å²) in [4.78, 5) is 33.3. The first-order chi connectivity index (χ1) is 18.3. The Labute approximate surface area is 232 Å². The Kier molecular flexibility index (Phi) is 24.1. The van der Waals surface area contributed by atoms with E-state index in [0.29, 0.717) is 6.54 Å². The van der Waals surface area contributed by atoms with Crippen LogP contribution in [0.2, 0.25) is 0 Å². The predicted octanol–water partition coefficient (Wildman–Crippen LogP) is 6.49. The highest BCUT2D eigenvalue weighted by Gasteiger charge is 2.28. The summed E-state index contributed by atoms with van der Waals surface area (Å²) in [6.45, 7) is 3.44. The van der Waals surface area contributed by atoms with E-state index < -0.39 is 17.9 Å². The first-order valence-corrected chi connectivity index (χ1v) is 15.4. The van der Waals surface area contributed by atoms with Crippen LogP contribution in [0.5, 0.6) is 0 Å². The molecule has 0 aromatic carbocycles. The first-order valence-electron chi connectivity index (χ1n) is 15.4. The molecule has 0 aliphatic heterocycles. The summed E-state index contributed by atoms with van der Waals surface area (Å²) in [6, 6.07) is 0. The summed E-state index contributed by atoms with van der Waals surface area (Å²) in [5, 5.41) is 29.3. The number of carboxylic acid groups (broad SMARTS) is 3. The van der Waals surface area contributed by atoms with E-state index in [2.05, 4.69) is 19.1 Å². The second-order valence-corrected chi connectivity index (χ2v) is 11.0. The lowest BCUT2D eigenvalue weighted by molar-refractivity contribution is -0.927. The van der Waals surface area contributed by atoms with Crippen molar-refractivity contribution in [3.8, 4) is 0 Å². The van der Waals surface area contributed by atoms with Gasteiger partial charge in [0.05, 0.1) is 39.0 Å². The van der Waals surface area contributed by atoms with Crippen molar-refractivity contribution in [1.29, 1.82) is 0 Å². The van der Waals surface area contributed by atoms with Crippen molar-refractivity contribution in [2.24, 2.45) is 0 Å². The highest BCUT2D eigenvalue weighted by Crippen LogP contribution is 2.17. The average molecular weight is 540 g/mol. The molecule has 0 aliphatic rings. The third-order valence-corrected chi connectivity index (χ3v) is 7.63. The van der Waals surface area contributed by atoms with Crippen molar-refractivity contribution in [2.75, 3.05) is 26.2 Å². The molecule has 0 aromatic heterocycles. The number of unbranched alkanes of at least 4 members (excludes halogenated alkanes) is 17. The number of hydrogen-bond donors (Lipinski definition) is 2. The van der Waals surface area contributed by atoms with Gasteiger partial charge < -0.3 is 24.6 Å². The lowest BCUT2D eigenvalue weighted by atomic mass is 10.0. The molecule has 7 nitrogen and oxygen atoms in total. The number of carbonyl (C=O) groups is 3. The molecular formula is C31H57NO6. The molecule has 0 aromatic rings. The molecule has 0 radical (unpaired) electrons. The van der Waals surface area contributed by atoms with E-state index in [0.717, 1.165) is 19.3 Å². The number of hydrogen-bond acceptors (Lipinski definition) is 4. The third-order valence-electron chi connectivity index (χ3n) is 7.63. The molecule has 0 rings (SSSR count). The number of allylic oxidation sites excluding steroid dienone is 2. The largest absolute Gasteiger partial charge is 0.550 e. The fraction of sp³-hybridized carbons (Fsp3) is 0.839. The third kappa shape index (κ3) is 24.4. The molecule has 222 valence electrons. The Bertz CT molecular complexity index is 588. The van der Waals surface area contributed by atoms with E-state index in [-0.39, 0.29) is 43.4 Å². The molecule has 2 N–H and O–H groups in total. The van der Waals surface area contributed by atoms with Crippen LogP contribution in [0.15, 0.2) is 12.2 Å². The van der Waals surface area contributed by atoms with Gasteiger partial charge in [-0.2, -0.15) is 0 Å². The maximum Gasteiger partial charge on any atom is 0.309 e. The van der Waals surface area contributed by atoms with Crippen LogP contribution >= 0.6 is 0 Å². The zero-order valence-corrected chi connectivity index (χ0v) is 24.3. The summed E-state index contributed by atoms with van der Waals surface area (Å²) in [5.41, 5.74) is 0. The van der Waals surface area contributed by atoms with Gasteiger partial charge in [0.2, 0.25) is 0 Å². The van der Waals surface area contributed by atoms with Gasteiger partial charge in [0.15, 0.2) is 0 Å². The molecule has 38 heavy (non-hydrogen) atoms. The van der Waals surface area contributed by atoms with Crippen LogP contribution in [0.25, 0.3) is 0 Å². The minimum absolute atomic E-state index is 0.0932. The number of rotatable bonds is 29. The van der Waals surface area contributed by atoms with Gasteiger partial charge in [0.25, 0.3) is 0 Å². The number of carboxylic acids is 3. The fourth-order valence-corrected chi connectivity index (χ4v) is 5.19. The van der Waals surface area contributed by atoms with Crippen molar-refractivity contribution >= 4 is 17.9 Å². The monoisotopic (exact) mass is 539 g/mol. The van der Waals surface area contributed by atoms with Gasteiger partial charge >= 0.3 is 11.9 Å². The van der Waals surface area contributed by atoms with Gasteiger partial charge in [0, 0.05) is 12.4 Å². The number of quaternary nitrogens is 1. The van der Waals surface area contributed by atoms with E-state index >= 15 is 0 Å². The smallest absolute Gasteiger partial charge is 0.309 e. The Morgan fingerprint density at radius 1 is 0.553 bits per heavy atom. The minimum atomic E-state index is -1.18. The van der Waals surface area contributed by atoms with Crippen LogP contribution in [0.1, 0.15) is 142 Å². The molecule has 7 heteroatoms. The molecule has 0 saturated carbocycles. The highest BCUT2D eigenvalue weighted by atomic mass is 16.4. The second kappa shape index (κ2) is 25.4. The van der Waals surface area contributed by atoms with Crippen LogP contribution in [-0.4, -0.2) is 58.8 Å². The summed E-state index contributed by atoms with van der Waals surface area (Å²) in [5.74, 6) is -3.07. The highest BCUT2D eigenvalue weighted by molar-refractivity contribution is 5.67. The Morgan fingerprint density at radius 2 is 0.895 bits per heavy atom.